The van der Waals surface area contributed by atoms with Gasteiger partial charge in [0.1, 0.15) is 0 Å². The van der Waals surface area contributed by atoms with E-state index in [4.69, 9.17) is 9.47 Å². The first kappa shape index (κ1) is 17.8. The summed E-state index contributed by atoms with van der Waals surface area (Å²) in [4.78, 5) is 22.0. The third-order valence-corrected chi connectivity index (χ3v) is 2.76. The van der Waals surface area contributed by atoms with E-state index in [1.54, 1.807) is 0 Å². The van der Waals surface area contributed by atoms with Crippen LogP contribution in [0.3, 0.4) is 0 Å². The Morgan fingerprint density at radius 2 is 1.89 bits per heavy atom. The molecule has 0 N–H and O–H groups in total. The van der Waals surface area contributed by atoms with Gasteiger partial charge < -0.3 is 9.47 Å². The van der Waals surface area contributed by atoms with E-state index in [1.165, 1.54) is 32.6 Å². The predicted octanol–water partition coefficient (Wildman–Crippen LogP) is 3.40. The third-order valence-electron chi connectivity index (χ3n) is 2.76. The van der Waals surface area contributed by atoms with Crippen molar-refractivity contribution in [1.29, 1.82) is 0 Å². The monoisotopic (exact) mass is 270 g/mol. The van der Waals surface area contributed by atoms with Gasteiger partial charge >= 0.3 is 5.97 Å². The highest BCUT2D eigenvalue weighted by molar-refractivity contribution is 5.87. The topological polar surface area (TPSA) is 52.6 Å². The SMILES string of the molecule is C=C(C)C(=O)OC(C=O)OC(C)CCCCCCC. The minimum atomic E-state index is -1.13. The molecule has 0 fully saturated rings. The molecule has 0 aromatic heterocycles. The normalized spacial score (nSPS) is 13.6. The molecule has 0 saturated heterocycles. The minimum Gasteiger partial charge on any atom is -0.425 e. The van der Waals surface area contributed by atoms with Gasteiger partial charge in [-0.3, -0.25) is 4.79 Å². The first-order chi connectivity index (χ1) is 9.01. The molecule has 0 aliphatic carbocycles. The quantitative estimate of drug-likeness (QED) is 0.190. The highest BCUT2D eigenvalue weighted by atomic mass is 16.7. The van der Waals surface area contributed by atoms with Gasteiger partial charge in [0.15, 0.2) is 6.29 Å². The summed E-state index contributed by atoms with van der Waals surface area (Å²) in [6.45, 7) is 9.04. The van der Waals surface area contributed by atoms with Gasteiger partial charge in [-0.05, 0) is 20.3 Å². The molecule has 0 aromatic rings. The number of aldehydes is 1. The Bertz CT molecular complexity index is 286. The third kappa shape index (κ3) is 9.42. The molecule has 4 heteroatoms. The molecule has 110 valence electrons. The van der Waals surface area contributed by atoms with E-state index in [0.29, 0.717) is 6.29 Å². The second kappa shape index (κ2) is 10.7. The first-order valence-corrected chi connectivity index (χ1v) is 6.98. The Labute approximate surface area is 116 Å². The Kier molecular flexibility index (Phi) is 10.1. The van der Waals surface area contributed by atoms with Crippen molar-refractivity contribution in [2.45, 2.75) is 71.7 Å². The molecule has 0 bridgehead atoms. The van der Waals surface area contributed by atoms with Crippen molar-refractivity contribution in [3.05, 3.63) is 12.2 Å². The average molecular weight is 270 g/mol. The summed E-state index contributed by atoms with van der Waals surface area (Å²) in [6.07, 6.45) is 6.04. The maximum Gasteiger partial charge on any atom is 0.335 e. The maximum atomic E-state index is 11.3. The fourth-order valence-corrected chi connectivity index (χ4v) is 1.63. The van der Waals surface area contributed by atoms with Gasteiger partial charge in [-0.25, -0.2) is 4.79 Å². The van der Waals surface area contributed by atoms with Crippen LogP contribution in [0.2, 0.25) is 0 Å². The van der Waals surface area contributed by atoms with Crippen LogP contribution in [0.1, 0.15) is 59.3 Å². The maximum absolute atomic E-state index is 11.3. The lowest BCUT2D eigenvalue weighted by Gasteiger charge is -2.18. The lowest BCUT2D eigenvalue weighted by molar-refractivity contribution is -0.183. The lowest BCUT2D eigenvalue weighted by atomic mass is 10.1. The van der Waals surface area contributed by atoms with Crippen molar-refractivity contribution in [1.82, 2.24) is 0 Å². The fourth-order valence-electron chi connectivity index (χ4n) is 1.63. The molecule has 4 nitrogen and oxygen atoms in total. The van der Waals surface area contributed by atoms with E-state index < -0.39 is 12.3 Å². The van der Waals surface area contributed by atoms with E-state index in [1.807, 2.05) is 6.92 Å². The number of hydrogen-bond acceptors (Lipinski definition) is 4. The lowest BCUT2D eigenvalue weighted by Crippen LogP contribution is -2.27. The van der Waals surface area contributed by atoms with Crippen LogP contribution in [-0.4, -0.2) is 24.6 Å². The molecule has 0 amide bonds. The van der Waals surface area contributed by atoms with E-state index in [9.17, 15) is 9.59 Å². The summed E-state index contributed by atoms with van der Waals surface area (Å²) in [5, 5.41) is 0. The molecular formula is C15H26O4. The Hall–Kier alpha value is -1.16. The number of rotatable bonds is 11. The molecule has 0 aromatic carbocycles. The van der Waals surface area contributed by atoms with Crippen LogP contribution in [0.4, 0.5) is 0 Å². The summed E-state index contributed by atoms with van der Waals surface area (Å²) in [6, 6.07) is 0. The molecule has 0 spiro atoms. The Morgan fingerprint density at radius 1 is 1.26 bits per heavy atom. The molecule has 2 atom stereocenters. The Morgan fingerprint density at radius 3 is 2.42 bits per heavy atom. The molecule has 0 aliphatic heterocycles. The summed E-state index contributed by atoms with van der Waals surface area (Å²) in [5.74, 6) is -0.604. The number of hydrogen-bond donors (Lipinski definition) is 0. The van der Waals surface area contributed by atoms with Crippen molar-refractivity contribution in [3.8, 4) is 0 Å². The van der Waals surface area contributed by atoms with Gasteiger partial charge in [0.2, 0.25) is 0 Å². The molecule has 19 heavy (non-hydrogen) atoms. The van der Waals surface area contributed by atoms with Crippen molar-refractivity contribution in [2.24, 2.45) is 0 Å². The van der Waals surface area contributed by atoms with Crippen LogP contribution in [0.25, 0.3) is 0 Å². The Balaban J connectivity index is 3.86. The number of carbonyl (C=O) groups is 2. The zero-order chi connectivity index (χ0) is 14.7. The fraction of sp³-hybridized carbons (Fsp3) is 0.733. The van der Waals surface area contributed by atoms with Crippen molar-refractivity contribution in [3.63, 3.8) is 0 Å². The summed E-state index contributed by atoms with van der Waals surface area (Å²) < 4.78 is 10.2. The second-order valence-corrected chi connectivity index (χ2v) is 4.84. The molecule has 0 aliphatic rings. The van der Waals surface area contributed by atoms with E-state index in [0.717, 1.165) is 12.8 Å². The van der Waals surface area contributed by atoms with E-state index in [2.05, 4.69) is 13.5 Å². The molecule has 0 radical (unpaired) electrons. The number of ether oxygens (including phenoxy) is 2. The van der Waals surface area contributed by atoms with Gasteiger partial charge in [0.05, 0.1) is 6.10 Å². The zero-order valence-electron chi connectivity index (χ0n) is 12.3. The summed E-state index contributed by atoms with van der Waals surface area (Å²) in [5.41, 5.74) is 0.252. The molecule has 0 heterocycles. The van der Waals surface area contributed by atoms with Crippen LogP contribution in [0.15, 0.2) is 12.2 Å². The van der Waals surface area contributed by atoms with E-state index in [-0.39, 0.29) is 11.7 Å². The molecule has 0 saturated carbocycles. The zero-order valence-corrected chi connectivity index (χ0v) is 12.3. The van der Waals surface area contributed by atoms with Crippen molar-refractivity contribution in [2.75, 3.05) is 0 Å². The summed E-state index contributed by atoms with van der Waals surface area (Å²) >= 11 is 0. The molecule has 2 unspecified atom stereocenters. The van der Waals surface area contributed by atoms with Gasteiger partial charge in [0.25, 0.3) is 6.29 Å². The number of carbonyl (C=O) groups excluding carboxylic acids is 2. The van der Waals surface area contributed by atoms with Crippen LogP contribution >= 0.6 is 0 Å². The molecule has 0 rings (SSSR count). The smallest absolute Gasteiger partial charge is 0.335 e. The predicted molar refractivity (Wildman–Crippen MR) is 74.7 cm³/mol. The minimum absolute atomic E-state index is 0.102. The standard InChI is InChI=1S/C15H26O4/c1-5-6-7-8-9-10-13(4)18-14(11-16)19-15(17)12(2)3/h11,13-14H,2,5-10H2,1,3-4H3. The first-order valence-electron chi connectivity index (χ1n) is 6.98. The highest BCUT2D eigenvalue weighted by Gasteiger charge is 2.17. The molecular weight excluding hydrogens is 244 g/mol. The highest BCUT2D eigenvalue weighted by Crippen LogP contribution is 2.11. The van der Waals surface area contributed by atoms with Crippen LogP contribution in [0.5, 0.6) is 0 Å². The van der Waals surface area contributed by atoms with Gasteiger partial charge in [0, 0.05) is 5.57 Å². The largest absolute Gasteiger partial charge is 0.425 e. The van der Waals surface area contributed by atoms with Crippen LogP contribution in [0, 0.1) is 0 Å². The average Bonchev–Trinajstić information content (AvgIpc) is 2.37. The van der Waals surface area contributed by atoms with Crippen LogP contribution < -0.4 is 0 Å². The van der Waals surface area contributed by atoms with Gasteiger partial charge in [-0.2, -0.15) is 0 Å². The van der Waals surface area contributed by atoms with Gasteiger partial charge in [-0.1, -0.05) is 45.6 Å². The van der Waals surface area contributed by atoms with Crippen molar-refractivity contribution >= 4 is 12.3 Å². The number of unbranched alkanes of at least 4 members (excludes halogenated alkanes) is 4. The van der Waals surface area contributed by atoms with Crippen LogP contribution in [-0.2, 0) is 19.1 Å². The van der Waals surface area contributed by atoms with Crippen molar-refractivity contribution < 1.29 is 19.1 Å². The second-order valence-electron chi connectivity index (χ2n) is 4.84. The van der Waals surface area contributed by atoms with Gasteiger partial charge in [-0.15, -0.1) is 0 Å². The number of esters is 1. The van der Waals surface area contributed by atoms with E-state index >= 15 is 0 Å². The summed E-state index contributed by atoms with van der Waals surface area (Å²) in [7, 11) is 0.